The van der Waals surface area contributed by atoms with Crippen LogP contribution < -0.4 is 5.32 Å². The van der Waals surface area contributed by atoms with E-state index in [1.165, 1.54) is 44.9 Å². The van der Waals surface area contributed by atoms with Crippen LogP contribution in [-0.4, -0.2) is 24.2 Å². The zero-order valence-electron chi connectivity index (χ0n) is 12.1. The normalized spacial score (nSPS) is 23.4. The highest BCUT2D eigenvalue weighted by Crippen LogP contribution is 2.35. The maximum absolute atomic E-state index is 11.9. The fourth-order valence-corrected chi connectivity index (χ4v) is 3.70. The van der Waals surface area contributed by atoms with Crippen LogP contribution in [0.25, 0.3) is 0 Å². The van der Waals surface area contributed by atoms with Crippen LogP contribution in [0.2, 0.25) is 0 Å². The Morgan fingerprint density at radius 3 is 2.42 bits per heavy atom. The molecule has 0 atom stereocenters. The molecular formula is C16H29NO2. The Kier molecular flexibility index (Phi) is 5.68. The standard InChI is InChI=1S/C16H29NO2/c18-13-16(10-4-1-5-11-16)12-17-15(19)9-8-14-6-2-3-7-14/h14,18H,1-13H2,(H,17,19). The molecule has 0 aliphatic heterocycles. The number of aliphatic hydroxyl groups excluding tert-OH is 1. The number of carbonyl (C=O) groups is 1. The van der Waals surface area contributed by atoms with Crippen molar-refractivity contribution in [1.29, 1.82) is 0 Å². The molecule has 2 aliphatic carbocycles. The highest BCUT2D eigenvalue weighted by molar-refractivity contribution is 5.75. The summed E-state index contributed by atoms with van der Waals surface area (Å²) in [6, 6.07) is 0. The van der Waals surface area contributed by atoms with Crippen molar-refractivity contribution in [3.63, 3.8) is 0 Å². The molecule has 0 aromatic heterocycles. The van der Waals surface area contributed by atoms with E-state index in [9.17, 15) is 9.90 Å². The molecule has 1 amide bonds. The van der Waals surface area contributed by atoms with Crippen LogP contribution in [0, 0.1) is 11.3 Å². The molecule has 2 N–H and O–H groups in total. The molecule has 19 heavy (non-hydrogen) atoms. The van der Waals surface area contributed by atoms with Crippen molar-refractivity contribution in [2.45, 2.75) is 70.6 Å². The smallest absolute Gasteiger partial charge is 0.220 e. The first-order chi connectivity index (χ1) is 9.24. The molecule has 0 heterocycles. The van der Waals surface area contributed by atoms with E-state index in [1.54, 1.807) is 0 Å². The van der Waals surface area contributed by atoms with Crippen LogP contribution in [0.5, 0.6) is 0 Å². The zero-order valence-corrected chi connectivity index (χ0v) is 12.1. The molecule has 110 valence electrons. The summed E-state index contributed by atoms with van der Waals surface area (Å²) < 4.78 is 0. The highest BCUT2D eigenvalue weighted by atomic mass is 16.3. The van der Waals surface area contributed by atoms with Crippen molar-refractivity contribution in [2.24, 2.45) is 11.3 Å². The van der Waals surface area contributed by atoms with Gasteiger partial charge in [0.2, 0.25) is 5.91 Å². The quantitative estimate of drug-likeness (QED) is 0.777. The van der Waals surface area contributed by atoms with Gasteiger partial charge in [-0.2, -0.15) is 0 Å². The summed E-state index contributed by atoms with van der Waals surface area (Å²) in [5.41, 5.74) is -0.0265. The molecule has 0 radical (unpaired) electrons. The summed E-state index contributed by atoms with van der Waals surface area (Å²) in [4.78, 5) is 11.9. The van der Waals surface area contributed by atoms with Gasteiger partial charge in [0.15, 0.2) is 0 Å². The average Bonchev–Trinajstić information content (AvgIpc) is 2.97. The predicted octanol–water partition coefficient (Wildman–Crippen LogP) is 3.02. The van der Waals surface area contributed by atoms with Crippen molar-refractivity contribution in [2.75, 3.05) is 13.2 Å². The first kappa shape index (κ1) is 14.8. The first-order valence-corrected chi connectivity index (χ1v) is 8.12. The fourth-order valence-electron chi connectivity index (χ4n) is 3.70. The molecule has 2 saturated carbocycles. The third-order valence-electron chi connectivity index (χ3n) is 5.16. The number of hydrogen-bond donors (Lipinski definition) is 2. The van der Waals surface area contributed by atoms with Crippen LogP contribution >= 0.6 is 0 Å². The van der Waals surface area contributed by atoms with Gasteiger partial charge < -0.3 is 10.4 Å². The van der Waals surface area contributed by atoms with E-state index in [0.717, 1.165) is 25.2 Å². The molecule has 0 bridgehead atoms. The van der Waals surface area contributed by atoms with Gasteiger partial charge in [0.25, 0.3) is 0 Å². The molecule has 3 heteroatoms. The number of amides is 1. The van der Waals surface area contributed by atoms with E-state index < -0.39 is 0 Å². The second kappa shape index (κ2) is 7.28. The zero-order chi connectivity index (χ0) is 13.6. The summed E-state index contributed by atoms with van der Waals surface area (Å²) in [7, 11) is 0. The monoisotopic (exact) mass is 267 g/mol. The summed E-state index contributed by atoms with van der Waals surface area (Å²) in [5, 5.41) is 12.7. The minimum atomic E-state index is -0.0265. The van der Waals surface area contributed by atoms with E-state index >= 15 is 0 Å². The van der Waals surface area contributed by atoms with Gasteiger partial charge in [-0.1, -0.05) is 44.9 Å². The van der Waals surface area contributed by atoms with Crippen molar-refractivity contribution >= 4 is 5.91 Å². The summed E-state index contributed by atoms with van der Waals surface area (Å²) >= 11 is 0. The summed E-state index contributed by atoms with van der Waals surface area (Å²) in [5.74, 6) is 0.970. The minimum absolute atomic E-state index is 0.0265. The largest absolute Gasteiger partial charge is 0.396 e. The lowest BCUT2D eigenvalue weighted by Crippen LogP contribution is -2.41. The van der Waals surface area contributed by atoms with Gasteiger partial charge in [0, 0.05) is 18.4 Å². The van der Waals surface area contributed by atoms with Gasteiger partial charge in [0.1, 0.15) is 0 Å². The van der Waals surface area contributed by atoms with Crippen molar-refractivity contribution in [1.82, 2.24) is 5.32 Å². The van der Waals surface area contributed by atoms with E-state index in [0.29, 0.717) is 13.0 Å². The lowest BCUT2D eigenvalue weighted by Gasteiger charge is -2.35. The Hall–Kier alpha value is -0.570. The predicted molar refractivity (Wildman–Crippen MR) is 76.8 cm³/mol. The van der Waals surface area contributed by atoms with Gasteiger partial charge in [-0.3, -0.25) is 4.79 Å². The first-order valence-electron chi connectivity index (χ1n) is 8.12. The van der Waals surface area contributed by atoms with Crippen molar-refractivity contribution in [3.8, 4) is 0 Å². The SMILES string of the molecule is O=C(CCC1CCCC1)NCC1(CO)CCCCC1. The van der Waals surface area contributed by atoms with Gasteiger partial charge in [-0.25, -0.2) is 0 Å². The Labute approximate surface area is 117 Å². The van der Waals surface area contributed by atoms with Gasteiger partial charge in [-0.15, -0.1) is 0 Å². The van der Waals surface area contributed by atoms with Crippen LogP contribution in [0.15, 0.2) is 0 Å². The molecule has 0 spiro atoms. The van der Waals surface area contributed by atoms with Crippen LogP contribution in [0.3, 0.4) is 0 Å². The number of hydrogen-bond acceptors (Lipinski definition) is 2. The topological polar surface area (TPSA) is 49.3 Å². The molecular weight excluding hydrogens is 238 g/mol. The molecule has 2 rings (SSSR count). The van der Waals surface area contributed by atoms with Gasteiger partial charge in [0.05, 0.1) is 6.61 Å². The number of nitrogens with one attached hydrogen (secondary N) is 1. The molecule has 0 unspecified atom stereocenters. The lowest BCUT2D eigenvalue weighted by molar-refractivity contribution is -0.122. The Bertz CT molecular complexity index is 278. The summed E-state index contributed by atoms with van der Waals surface area (Å²) in [6.45, 7) is 0.892. The van der Waals surface area contributed by atoms with Crippen molar-refractivity contribution < 1.29 is 9.90 Å². The van der Waals surface area contributed by atoms with E-state index in [4.69, 9.17) is 0 Å². The van der Waals surface area contributed by atoms with Crippen LogP contribution in [-0.2, 0) is 4.79 Å². The van der Waals surface area contributed by atoms with Crippen LogP contribution in [0.4, 0.5) is 0 Å². The summed E-state index contributed by atoms with van der Waals surface area (Å²) in [6.07, 6.45) is 12.8. The molecule has 0 aromatic rings. The number of rotatable bonds is 6. The Morgan fingerprint density at radius 1 is 1.11 bits per heavy atom. The molecule has 0 aromatic carbocycles. The maximum Gasteiger partial charge on any atom is 0.220 e. The van der Waals surface area contributed by atoms with Gasteiger partial charge >= 0.3 is 0 Å². The molecule has 3 nitrogen and oxygen atoms in total. The van der Waals surface area contributed by atoms with Crippen LogP contribution in [0.1, 0.15) is 70.6 Å². The highest BCUT2D eigenvalue weighted by Gasteiger charge is 2.31. The number of aliphatic hydroxyl groups is 1. The Morgan fingerprint density at radius 2 is 1.79 bits per heavy atom. The second-order valence-electron chi connectivity index (χ2n) is 6.68. The second-order valence-corrected chi connectivity index (χ2v) is 6.68. The average molecular weight is 267 g/mol. The van der Waals surface area contributed by atoms with Crippen molar-refractivity contribution in [3.05, 3.63) is 0 Å². The lowest BCUT2D eigenvalue weighted by atomic mass is 9.74. The Balaban J connectivity index is 1.66. The molecule has 2 aliphatic rings. The number of carbonyl (C=O) groups excluding carboxylic acids is 1. The van der Waals surface area contributed by atoms with Gasteiger partial charge in [-0.05, 0) is 25.2 Å². The van der Waals surface area contributed by atoms with E-state index in [2.05, 4.69) is 5.32 Å². The molecule has 0 saturated heterocycles. The third kappa shape index (κ3) is 4.48. The third-order valence-corrected chi connectivity index (χ3v) is 5.16. The maximum atomic E-state index is 11.9. The van der Waals surface area contributed by atoms with E-state index in [-0.39, 0.29) is 17.9 Å². The fraction of sp³-hybridized carbons (Fsp3) is 0.938. The van der Waals surface area contributed by atoms with E-state index in [1.807, 2.05) is 0 Å². The minimum Gasteiger partial charge on any atom is -0.396 e. The molecule has 2 fully saturated rings.